The van der Waals surface area contributed by atoms with Crippen LogP contribution in [0.2, 0.25) is 0 Å². The average molecular weight is 225 g/mol. The predicted molar refractivity (Wildman–Crippen MR) is 61.1 cm³/mol. The van der Waals surface area contributed by atoms with Crippen molar-refractivity contribution in [3.05, 3.63) is 18.1 Å². The highest BCUT2D eigenvalue weighted by molar-refractivity contribution is 5.07. The number of rotatable bonds is 6. The lowest BCUT2D eigenvalue weighted by molar-refractivity contribution is 0.00504. The van der Waals surface area contributed by atoms with E-state index in [2.05, 4.69) is 9.97 Å². The van der Waals surface area contributed by atoms with Gasteiger partial charge in [-0.2, -0.15) is 0 Å². The third kappa shape index (κ3) is 4.12. The fraction of sp³-hybridized carbons (Fsp3) is 0.636. The van der Waals surface area contributed by atoms with Crippen molar-refractivity contribution in [2.24, 2.45) is 5.73 Å². The first-order valence-electron chi connectivity index (χ1n) is 5.26. The molecule has 0 atom stereocenters. The Kier molecular flexibility index (Phi) is 4.64. The number of hydrogen-bond acceptors (Lipinski definition) is 5. The zero-order valence-electron chi connectivity index (χ0n) is 10.1. The maximum Gasteiger partial charge on any atom is 0.232 e. The molecule has 0 aromatic carbocycles. The number of aromatic nitrogens is 2. The molecule has 0 radical (unpaired) electrons. The summed E-state index contributed by atoms with van der Waals surface area (Å²) in [6.07, 6.45) is 4.00. The van der Waals surface area contributed by atoms with Crippen LogP contribution < -0.4 is 10.5 Å². The molecule has 0 aliphatic rings. The van der Waals surface area contributed by atoms with E-state index in [0.717, 1.165) is 12.1 Å². The van der Waals surface area contributed by atoms with Gasteiger partial charge in [-0.25, -0.2) is 4.98 Å². The van der Waals surface area contributed by atoms with E-state index in [4.69, 9.17) is 15.2 Å². The second-order valence-electron chi connectivity index (χ2n) is 4.12. The van der Waals surface area contributed by atoms with Crippen molar-refractivity contribution < 1.29 is 9.47 Å². The Balaban J connectivity index is 2.42. The van der Waals surface area contributed by atoms with Crippen LogP contribution in [0.4, 0.5) is 0 Å². The van der Waals surface area contributed by atoms with Gasteiger partial charge in [0.1, 0.15) is 0 Å². The Hall–Kier alpha value is -1.20. The first-order valence-corrected chi connectivity index (χ1v) is 5.26. The number of hydrogen-bond donors (Lipinski definition) is 1. The van der Waals surface area contributed by atoms with Crippen molar-refractivity contribution in [1.29, 1.82) is 0 Å². The molecule has 5 nitrogen and oxygen atoms in total. The summed E-state index contributed by atoms with van der Waals surface area (Å²) < 4.78 is 10.8. The van der Waals surface area contributed by atoms with Gasteiger partial charge in [0.2, 0.25) is 5.88 Å². The summed E-state index contributed by atoms with van der Waals surface area (Å²) in [6.45, 7) is 4.94. The Labute approximate surface area is 96.0 Å². The highest BCUT2D eigenvalue weighted by Gasteiger charge is 2.16. The summed E-state index contributed by atoms with van der Waals surface area (Å²) >= 11 is 0. The zero-order chi connectivity index (χ0) is 12.0. The molecule has 0 bridgehead atoms. The van der Waals surface area contributed by atoms with Gasteiger partial charge in [-0.05, 0) is 13.8 Å². The van der Waals surface area contributed by atoms with Crippen molar-refractivity contribution in [3.63, 3.8) is 0 Å². The molecular formula is C11H19N3O2. The molecule has 1 aromatic heterocycles. The molecule has 16 heavy (non-hydrogen) atoms. The third-order valence-corrected chi connectivity index (χ3v) is 2.38. The monoisotopic (exact) mass is 225 g/mol. The lowest BCUT2D eigenvalue weighted by Crippen LogP contribution is -2.25. The van der Waals surface area contributed by atoms with Crippen molar-refractivity contribution in [1.82, 2.24) is 9.97 Å². The molecule has 90 valence electrons. The van der Waals surface area contributed by atoms with Gasteiger partial charge < -0.3 is 15.2 Å². The van der Waals surface area contributed by atoms with E-state index in [-0.39, 0.29) is 5.60 Å². The standard InChI is InChI=1S/C11H19N3O2/c1-11(2,15-3)4-5-16-10-8-13-7-9(6-12)14-10/h7-8H,4-6,12H2,1-3H3. The Bertz CT molecular complexity index is 329. The lowest BCUT2D eigenvalue weighted by Gasteiger charge is -2.22. The molecular weight excluding hydrogens is 206 g/mol. The normalized spacial score (nSPS) is 11.5. The second-order valence-corrected chi connectivity index (χ2v) is 4.12. The molecule has 0 saturated heterocycles. The third-order valence-electron chi connectivity index (χ3n) is 2.38. The molecule has 5 heteroatoms. The number of ether oxygens (including phenoxy) is 2. The van der Waals surface area contributed by atoms with Crippen LogP contribution in [0.1, 0.15) is 26.0 Å². The molecule has 2 N–H and O–H groups in total. The molecule has 0 aliphatic carbocycles. The van der Waals surface area contributed by atoms with Gasteiger partial charge in [0, 0.05) is 26.3 Å². The summed E-state index contributed by atoms with van der Waals surface area (Å²) in [7, 11) is 1.69. The Morgan fingerprint density at radius 2 is 2.12 bits per heavy atom. The van der Waals surface area contributed by atoms with Crippen molar-refractivity contribution in [2.75, 3.05) is 13.7 Å². The van der Waals surface area contributed by atoms with Gasteiger partial charge >= 0.3 is 0 Å². The fourth-order valence-electron chi connectivity index (χ4n) is 1.06. The summed E-state index contributed by atoms with van der Waals surface area (Å²) in [5.74, 6) is 0.509. The molecule has 1 aromatic rings. The summed E-state index contributed by atoms with van der Waals surface area (Å²) in [5, 5.41) is 0. The first-order chi connectivity index (χ1) is 7.57. The predicted octanol–water partition coefficient (Wildman–Crippen LogP) is 1.13. The van der Waals surface area contributed by atoms with Crippen LogP contribution in [-0.4, -0.2) is 29.3 Å². The van der Waals surface area contributed by atoms with Gasteiger partial charge in [0.05, 0.1) is 24.1 Å². The summed E-state index contributed by atoms with van der Waals surface area (Å²) in [4.78, 5) is 8.18. The van der Waals surface area contributed by atoms with Crippen molar-refractivity contribution in [3.8, 4) is 5.88 Å². The van der Waals surface area contributed by atoms with Gasteiger partial charge in [-0.1, -0.05) is 0 Å². The van der Waals surface area contributed by atoms with Crippen LogP contribution in [0.3, 0.4) is 0 Å². The Morgan fingerprint density at radius 3 is 2.75 bits per heavy atom. The quantitative estimate of drug-likeness (QED) is 0.785. The van der Waals surface area contributed by atoms with Crippen LogP contribution in [0.5, 0.6) is 5.88 Å². The van der Waals surface area contributed by atoms with Gasteiger partial charge in [-0.15, -0.1) is 0 Å². The van der Waals surface area contributed by atoms with E-state index in [1.165, 1.54) is 0 Å². The SMILES string of the molecule is COC(C)(C)CCOc1cncc(CN)n1. The molecule has 0 saturated carbocycles. The van der Waals surface area contributed by atoms with Gasteiger partial charge in [-0.3, -0.25) is 4.98 Å². The van der Waals surface area contributed by atoms with E-state index >= 15 is 0 Å². The van der Waals surface area contributed by atoms with Crippen LogP contribution in [0.25, 0.3) is 0 Å². The minimum Gasteiger partial charge on any atom is -0.476 e. The molecule has 1 rings (SSSR count). The van der Waals surface area contributed by atoms with Crippen LogP contribution >= 0.6 is 0 Å². The summed E-state index contributed by atoms with van der Waals surface area (Å²) in [6, 6.07) is 0. The number of methoxy groups -OCH3 is 1. The molecule has 0 unspecified atom stereocenters. The maximum absolute atomic E-state index is 5.48. The largest absolute Gasteiger partial charge is 0.476 e. The van der Waals surface area contributed by atoms with Crippen LogP contribution in [0, 0.1) is 0 Å². The molecule has 1 heterocycles. The number of nitrogens with two attached hydrogens (primary N) is 1. The van der Waals surface area contributed by atoms with E-state index < -0.39 is 0 Å². The average Bonchev–Trinajstić information content (AvgIpc) is 2.29. The van der Waals surface area contributed by atoms with Crippen LogP contribution in [-0.2, 0) is 11.3 Å². The minimum absolute atomic E-state index is 0.182. The van der Waals surface area contributed by atoms with E-state index in [9.17, 15) is 0 Å². The van der Waals surface area contributed by atoms with Crippen LogP contribution in [0.15, 0.2) is 12.4 Å². The first kappa shape index (κ1) is 12.9. The molecule has 0 spiro atoms. The van der Waals surface area contributed by atoms with Gasteiger partial charge in [0.15, 0.2) is 0 Å². The highest BCUT2D eigenvalue weighted by Crippen LogP contribution is 2.13. The zero-order valence-corrected chi connectivity index (χ0v) is 10.1. The topological polar surface area (TPSA) is 70.3 Å². The smallest absolute Gasteiger partial charge is 0.232 e. The number of nitrogens with zero attached hydrogens (tertiary/aromatic N) is 2. The van der Waals surface area contributed by atoms with Crippen molar-refractivity contribution in [2.45, 2.75) is 32.4 Å². The lowest BCUT2D eigenvalue weighted by atomic mass is 10.1. The maximum atomic E-state index is 5.48. The van der Waals surface area contributed by atoms with E-state index in [0.29, 0.717) is 19.0 Å². The molecule has 0 amide bonds. The minimum atomic E-state index is -0.182. The van der Waals surface area contributed by atoms with Gasteiger partial charge in [0.25, 0.3) is 0 Å². The summed E-state index contributed by atoms with van der Waals surface area (Å²) in [5.41, 5.74) is 6.00. The molecule has 0 aliphatic heterocycles. The fourth-order valence-corrected chi connectivity index (χ4v) is 1.06. The highest BCUT2D eigenvalue weighted by atomic mass is 16.5. The molecule has 0 fully saturated rings. The second kappa shape index (κ2) is 5.77. The Morgan fingerprint density at radius 1 is 1.38 bits per heavy atom. The van der Waals surface area contributed by atoms with E-state index in [1.807, 2.05) is 13.8 Å². The van der Waals surface area contributed by atoms with E-state index in [1.54, 1.807) is 19.5 Å². The van der Waals surface area contributed by atoms with Crippen molar-refractivity contribution >= 4 is 0 Å².